The van der Waals surface area contributed by atoms with Crippen LogP contribution in [-0.4, -0.2) is 32.3 Å². The Balaban J connectivity index is 4.74. The molecule has 0 saturated heterocycles. The van der Waals surface area contributed by atoms with Crippen LogP contribution in [0.15, 0.2) is 0 Å². The normalized spacial score (nSPS) is 18.8. The molecule has 0 aromatic carbocycles. The summed E-state index contributed by atoms with van der Waals surface area (Å²) in [6.07, 6.45) is 0.556. The van der Waals surface area contributed by atoms with Crippen molar-refractivity contribution in [2.75, 3.05) is 0 Å². The topological polar surface area (TPSA) is 81.0 Å². The van der Waals surface area contributed by atoms with Crippen LogP contribution in [0.1, 0.15) is 27.2 Å². The van der Waals surface area contributed by atoms with Crippen LogP contribution in [0.5, 0.6) is 0 Å². The van der Waals surface area contributed by atoms with Crippen molar-refractivity contribution in [3.05, 3.63) is 0 Å². The maximum Gasteiger partial charge on any atom is 0.329 e. The Morgan fingerprint density at radius 3 is 2.08 bits per heavy atom. The fourth-order valence-electron chi connectivity index (χ4n) is 0.891. The maximum absolute atomic E-state index is 10.7. The molecule has 0 aliphatic heterocycles. The molecule has 12 heavy (non-hydrogen) atoms. The fraction of sp³-hybridized carbons (Fsp3) is 0.857. The number of nitrogens with zero attached hydrogens (tertiary/aromatic N) is 1. The predicted molar refractivity (Wildman–Crippen MR) is 40.9 cm³/mol. The van der Waals surface area contributed by atoms with Gasteiger partial charge in [0.05, 0.1) is 0 Å². The van der Waals surface area contributed by atoms with Crippen LogP contribution in [0, 0.1) is 5.92 Å². The van der Waals surface area contributed by atoms with Gasteiger partial charge in [-0.1, -0.05) is 25.5 Å². The van der Waals surface area contributed by atoms with Gasteiger partial charge in [0.25, 0.3) is 0 Å². The van der Waals surface area contributed by atoms with E-state index in [1.54, 1.807) is 13.8 Å². The lowest BCUT2D eigenvalue weighted by Crippen LogP contribution is -2.53. The Hall–Kier alpha value is -0.650. The number of carbonyl (C=O) groups is 1. The first-order valence-electron chi connectivity index (χ1n) is 3.78. The Morgan fingerprint density at radius 1 is 1.58 bits per heavy atom. The summed E-state index contributed by atoms with van der Waals surface area (Å²) in [6, 6.07) is 0. The summed E-state index contributed by atoms with van der Waals surface area (Å²) < 4.78 is 0. The first-order valence-corrected chi connectivity index (χ1v) is 3.78. The lowest BCUT2D eigenvalue weighted by molar-refractivity contribution is -0.361. The third-order valence-electron chi connectivity index (χ3n) is 2.42. The molecule has 0 aromatic heterocycles. The second kappa shape index (κ2) is 3.84. The Bertz CT molecular complexity index is 171. The smallest absolute Gasteiger partial charge is 0.329 e. The van der Waals surface area contributed by atoms with Crippen molar-refractivity contribution in [3.63, 3.8) is 0 Å². The summed E-state index contributed by atoms with van der Waals surface area (Å²) in [6.45, 7) is 4.70. The second-order valence-corrected chi connectivity index (χ2v) is 3.05. The molecule has 0 fully saturated rings. The molecule has 0 bridgehead atoms. The minimum Gasteiger partial charge on any atom is -0.480 e. The zero-order valence-electron chi connectivity index (χ0n) is 7.48. The molecular formula is C7H15NO4. The summed E-state index contributed by atoms with van der Waals surface area (Å²) in [5, 5.41) is 26.0. The minimum atomic E-state index is -1.63. The monoisotopic (exact) mass is 177 g/mol. The summed E-state index contributed by atoms with van der Waals surface area (Å²) in [4.78, 5) is 10.7. The van der Waals surface area contributed by atoms with Crippen LogP contribution in [0.4, 0.5) is 0 Å². The van der Waals surface area contributed by atoms with E-state index in [1.807, 2.05) is 0 Å². The van der Waals surface area contributed by atoms with Crippen molar-refractivity contribution in [2.24, 2.45) is 5.92 Å². The van der Waals surface area contributed by atoms with Gasteiger partial charge in [0, 0.05) is 0 Å². The van der Waals surface area contributed by atoms with Crippen LogP contribution >= 0.6 is 0 Å². The highest BCUT2D eigenvalue weighted by atomic mass is 16.8. The summed E-state index contributed by atoms with van der Waals surface area (Å²) in [5.41, 5.74) is -1.63. The van der Waals surface area contributed by atoms with E-state index in [0.29, 0.717) is 6.42 Å². The lowest BCUT2D eigenvalue weighted by atomic mass is 9.86. The number of carboxylic acid groups (broad SMARTS) is 1. The standard InChI is InChI=1S/C7H15NO4/c1-4-5(2)7(3,6(9)10)8(11)12/h5,11-12H,4H2,1-3H3,(H,9,10). The molecule has 0 heterocycles. The summed E-state index contributed by atoms with van der Waals surface area (Å²) in [7, 11) is 0. The highest BCUT2D eigenvalue weighted by Gasteiger charge is 2.43. The number of rotatable bonds is 4. The molecule has 0 rings (SSSR count). The van der Waals surface area contributed by atoms with Crippen LogP contribution in [0.2, 0.25) is 0 Å². The molecule has 72 valence electrons. The van der Waals surface area contributed by atoms with Crippen molar-refractivity contribution in [3.8, 4) is 0 Å². The predicted octanol–water partition coefficient (Wildman–Crippen LogP) is 0.956. The van der Waals surface area contributed by atoms with Crippen LogP contribution in [0.25, 0.3) is 0 Å². The number of hydrogen-bond donors (Lipinski definition) is 3. The minimum absolute atomic E-state index is 0.233. The van der Waals surface area contributed by atoms with E-state index in [9.17, 15) is 4.79 Å². The number of hydroxylamine groups is 2. The summed E-state index contributed by atoms with van der Waals surface area (Å²) >= 11 is 0. The van der Waals surface area contributed by atoms with E-state index >= 15 is 0 Å². The second-order valence-electron chi connectivity index (χ2n) is 3.05. The molecule has 0 spiro atoms. The van der Waals surface area contributed by atoms with E-state index in [2.05, 4.69) is 0 Å². The van der Waals surface area contributed by atoms with Crippen molar-refractivity contribution in [1.29, 1.82) is 0 Å². The van der Waals surface area contributed by atoms with Gasteiger partial charge in [-0.25, -0.2) is 0 Å². The molecule has 5 heteroatoms. The first kappa shape index (κ1) is 11.4. The highest BCUT2D eigenvalue weighted by molar-refractivity contribution is 5.78. The molecule has 0 aliphatic rings. The van der Waals surface area contributed by atoms with E-state index in [4.69, 9.17) is 15.5 Å². The SMILES string of the molecule is CCC(C)C(C)(C(=O)O)N(O)O. The van der Waals surface area contributed by atoms with Gasteiger partial charge in [-0.15, -0.1) is 0 Å². The average Bonchev–Trinajstić information content (AvgIpc) is 2.00. The molecule has 5 nitrogen and oxygen atoms in total. The molecule has 3 N–H and O–H groups in total. The molecule has 2 unspecified atom stereocenters. The van der Waals surface area contributed by atoms with Gasteiger partial charge in [0.15, 0.2) is 5.54 Å². The van der Waals surface area contributed by atoms with Crippen LogP contribution in [-0.2, 0) is 4.79 Å². The van der Waals surface area contributed by atoms with Crippen molar-refractivity contribution < 1.29 is 20.3 Å². The lowest BCUT2D eigenvalue weighted by Gasteiger charge is -2.33. The largest absolute Gasteiger partial charge is 0.480 e. The number of carboxylic acids is 1. The Kier molecular flexibility index (Phi) is 3.63. The average molecular weight is 177 g/mol. The van der Waals surface area contributed by atoms with Gasteiger partial charge in [-0.05, 0) is 12.8 Å². The van der Waals surface area contributed by atoms with Gasteiger partial charge in [0.2, 0.25) is 0 Å². The van der Waals surface area contributed by atoms with E-state index < -0.39 is 11.5 Å². The quantitative estimate of drug-likeness (QED) is 0.557. The van der Waals surface area contributed by atoms with Crippen molar-refractivity contribution in [1.82, 2.24) is 5.23 Å². The van der Waals surface area contributed by atoms with Gasteiger partial charge in [-0.3, -0.25) is 15.2 Å². The van der Waals surface area contributed by atoms with Crippen molar-refractivity contribution in [2.45, 2.75) is 32.7 Å². The van der Waals surface area contributed by atoms with Crippen LogP contribution in [0.3, 0.4) is 0 Å². The molecule has 0 saturated carbocycles. The van der Waals surface area contributed by atoms with E-state index in [-0.39, 0.29) is 11.1 Å². The molecule has 0 amide bonds. The van der Waals surface area contributed by atoms with Gasteiger partial charge < -0.3 is 5.11 Å². The molecule has 0 radical (unpaired) electrons. The maximum atomic E-state index is 10.7. The molecule has 0 aromatic rings. The summed E-state index contributed by atoms with van der Waals surface area (Å²) in [5.74, 6) is -1.59. The van der Waals surface area contributed by atoms with E-state index in [1.165, 1.54) is 6.92 Å². The molecule has 2 atom stereocenters. The number of aliphatic carboxylic acids is 1. The highest BCUT2D eigenvalue weighted by Crippen LogP contribution is 2.24. The van der Waals surface area contributed by atoms with Gasteiger partial charge in [0.1, 0.15) is 0 Å². The first-order chi connectivity index (χ1) is 5.37. The zero-order chi connectivity index (χ0) is 9.94. The van der Waals surface area contributed by atoms with Crippen LogP contribution < -0.4 is 0 Å². The van der Waals surface area contributed by atoms with E-state index in [0.717, 1.165) is 0 Å². The Morgan fingerprint density at radius 2 is 2.00 bits per heavy atom. The van der Waals surface area contributed by atoms with Gasteiger partial charge >= 0.3 is 5.97 Å². The van der Waals surface area contributed by atoms with Crippen molar-refractivity contribution >= 4 is 5.97 Å². The Labute approximate surface area is 71.1 Å². The van der Waals surface area contributed by atoms with Gasteiger partial charge in [-0.2, -0.15) is 0 Å². The fourth-order valence-corrected chi connectivity index (χ4v) is 0.891. The third kappa shape index (κ3) is 1.74. The molecule has 0 aliphatic carbocycles. The zero-order valence-corrected chi connectivity index (χ0v) is 7.48. The third-order valence-corrected chi connectivity index (χ3v) is 2.42. The number of hydrogen-bond acceptors (Lipinski definition) is 4. The molecular weight excluding hydrogens is 162 g/mol.